The number of fused-ring (bicyclic) bond motifs is 1. The Morgan fingerprint density at radius 1 is 1.13 bits per heavy atom. The largest absolute Gasteiger partial charge is 0.486 e. The average Bonchev–Trinajstić information content (AvgIpc) is 3.31. The number of hydrogen-bond donors (Lipinski definition) is 1. The van der Waals surface area contributed by atoms with Gasteiger partial charge in [-0.1, -0.05) is 12.1 Å². The Morgan fingerprint density at radius 3 is 2.63 bits per heavy atom. The van der Waals surface area contributed by atoms with Gasteiger partial charge in [-0.2, -0.15) is 5.10 Å². The van der Waals surface area contributed by atoms with Crippen molar-refractivity contribution in [1.82, 2.24) is 20.0 Å². The first-order valence-corrected chi connectivity index (χ1v) is 10.5. The van der Waals surface area contributed by atoms with Crippen LogP contribution in [0.3, 0.4) is 0 Å². The van der Waals surface area contributed by atoms with Crippen molar-refractivity contribution in [2.45, 2.75) is 13.0 Å². The summed E-state index contributed by atoms with van der Waals surface area (Å²) in [5, 5.41) is 7.63. The highest BCUT2D eigenvalue weighted by atomic mass is 16.6. The van der Waals surface area contributed by atoms with Crippen molar-refractivity contribution < 1.29 is 14.3 Å². The van der Waals surface area contributed by atoms with Crippen molar-refractivity contribution in [3.8, 4) is 11.5 Å². The lowest BCUT2D eigenvalue weighted by Crippen LogP contribution is -2.51. The molecule has 2 saturated heterocycles. The van der Waals surface area contributed by atoms with E-state index in [4.69, 9.17) is 14.6 Å². The molecule has 3 aliphatic rings. The predicted octanol–water partition coefficient (Wildman–Crippen LogP) is 1.22. The van der Waals surface area contributed by atoms with Crippen molar-refractivity contribution in [1.29, 1.82) is 0 Å². The molecule has 0 radical (unpaired) electrons. The van der Waals surface area contributed by atoms with Crippen LogP contribution in [0.5, 0.6) is 11.5 Å². The SMILES string of the molecule is Cc1c(N2CCNC2=O)c(N2CCN(C[C@H]3COc4ccccc4O3)CC2)nn1C. The normalized spacial score (nSPS) is 21.8. The standard InChI is InChI=1S/C21H28N6O3/c1-15-19(27-8-7-22-21(27)28)20(23-24(15)2)26-11-9-25(10-12-26)13-16-14-29-17-5-3-4-6-18(17)30-16/h3-6,16H,7-14H2,1-2H3,(H,22,28)/t16-/m0/s1. The third-order valence-electron chi connectivity index (χ3n) is 6.11. The van der Waals surface area contributed by atoms with E-state index in [1.165, 1.54) is 0 Å². The summed E-state index contributed by atoms with van der Waals surface area (Å²) in [7, 11) is 1.94. The summed E-state index contributed by atoms with van der Waals surface area (Å²) >= 11 is 0. The highest BCUT2D eigenvalue weighted by Gasteiger charge is 2.32. The second-order valence-corrected chi connectivity index (χ2v) is 8.05. The maximum atomic E-state index is 12.3. The Morgan fingerprint density at radius 2 is 1.90 bits per heavy atom. The first-order chi connectivity index (χ1) is 14.6. The van der Waals surface area contributed by atoms with Crippen LogP contribution in [0.4, 0.5) is 16.3 Å². The molecule has 2 aromatic rings. The zero-order valence-corrected chi connectivity index (χ0v) is 17.5. The van der Waals surface area contributed by atoms with E-state index in [0.29, 0.717) is 19.7 Å². The molecule has 2 fully saturated rings. The molecule has 1 aromatic carbocycles. The van der Waals surface area contributed by atoms with Crippen LogP contribution in [0.15, 0.2) is 24.3 Å². The number of rotatable bonds is 4. The van der Waals surface area contributed by atoms with Crippen LogP contribution in [0.25, 0.3) is 0 Å². The number of nitrogens with one attached hydrogen (secondary N) is 1. The molecule has 30 heavy (non-hydrogen) atoms. The van der Waals surface area contributed by atoms with Gasteiger partial charge in [0.05, 0.1) is 5.69 Å². The number of nitrogens with zero attached hydrogens (tertiary/aromatic N) is 5. The molecule has 3 aliphatic heterocycles. The fraction of sp³-hybridized carbons (Fsp3) is 0.524. The summed E-state index contributed by atoms with van der Waals surface area (Å²) in [6.45, 7) is 8.35. The van der Waals surface area contributed by atoms with Gasteiger partial charge in [0.15, 0.2) is 17.3 Å². The molecule has 5 rings (SSSR count). The zero-order chi connectivity index (χ0) is 20.7. The summed E-state index contributed by atoms with van der Waals surface area (Å²) in [6, 6.07) is 7.79. The first-order valence-electron chi connectivity index (χ1n) is 10.5. The maximum absolute atomic E-state index is 12.3. The smallest absolute Gasteiger partial charge is 0.322 e. The van der Waals surface area contributed by atoms with E-state index in [0.717, 1.165) is 61.4 Å². The van der Waals surface area contributed by atoms with Crippen molar-refractivity contribution >= 4 is 17.5 Å². The molecule has 9 nitrogen and oxygen atoms in total. The van der Waals surface area contributed by atoms with Crippen molar-refractivity contribution in [3.05, 3.63) is 30.0 Å². The third kappa shape index (κ3) is 3.43. The monoisotopic (exact) mass is 412 g/mol. The number of urea groups is 1. The number of piperazine rings is 1. The van der Waals surface area contributed by atoms with Crippen LogP contribution in [0.2, 0.25) is 0 Å². The third-order valence-corrected chi connectivity index (χ3v) is 6.11. The highest BCUT2D eigenvalue weighted by Crippen LogP contribution is 2.34. The van der Waals surface area contributed by atoms with E-state index in [1.807, 2.05) is 47.8 Å². The summed E-state index contributed by atoms with van der Waals surface area (Å²) in [5.74, 6) is 2.55. The minimum atomic E-state index is -0.0410. The van der Waals surface area contributed by atoms with E-state index in [2.05, 4.69) is 15.1 Å². The molecule has 1 aromatic heterocycles. The molecular weight excluding hydrogens is 384 g/mol. The molecule has 0 saturated carbocycles. The number of benzene rings is 1. The Hall–Kier alpha value is -2.94. The fourth-order valence-electron chi connectivity index (χ4n) is 4.38. The fourth-order valence-corrected chi connectivity index (χ4v) is 4.38. The van der Waals surface area contributed by atoms with Crippen molar-refractivity contribution in [2.24, 2.45) is 7.05 Å². The highest BCUT2D eigenvalue weighted by molar-refractivity contribution is 5.97. The molecule has 0 spiro atoms. The topological polar surface area (TPSA) is 75.1 Å². The van der Waals surface area contributed by atoms with Gasteiger partial charge in [0.1, 0.15) is 18.4 Å². The molecule has 1 atom stereocenters. The average molecular weight is 412 g/mol. The molecule has 4 heterocycles. The number of carbonyl (C=O) groups excluding carboxylic acids is 1. The van der Waals surface area contributed by atoms with Crippen LogP contribution in [0, 0.1) is 6.92 Å². The Balaban J connectivity index is 1.23. The van der Waals surface area contributed by atoms with E-state index < -0.39 is 0 Å². The summed E-state index contributed by atoms with van der Waals surface area (Å²) in [6.07, 6.45) is 0.0346. The van der Waals surface area contributed by atoms with Crippen LogP contribution >= 0.6 is 0 Å². The molecule has 0 aliphatic carbocycles. The lowest BCUT2D eigenvalue weighted by atomic mass is 10.2. The quantitative estimate of drug-likeness (QED) is 0.814. The van der Waals surface area contributed by atoms with Gasteiger partial charge in [-0.3, -0.25) is 14.5 Å². The second-order valence-electron chi connectivity index (χ2n) is 8.05. The van der Waals surface area contributed by atoms with E-state index in [-0.39, 0.29) is 12.1 Å². The van der Waals surface area contributed by atoms with Crippen LogP contribution in [0.1, 0.15) is 5.69 Å². The van der Waals surface area contributed by atoms with Gasteiger partial charge in [0, 0.05) is 52.9 Å². The first kappa shape index (κ1) is 19.0. The zero-order valence-electron chi connectivity index (χ0n) is 17.5. The van der Waals surface area contributed by atoms with Gasteiger partial charge in [0.2, 0.25) is 0 Å². The number of amides is 2. The molecule has 160 valence electrons. The lowest BCUT2D eigenvalue weighted by Gasteiger charge is -2.38. The molecule has 9 heteroatoms. The summed E-state index contributed by atoms with van der Waals surface area (Å²) in [5.41, 5.74) is 1.94. The van der Waals surface area contributed by atoms with Gasteiger partial charge in [-0.25, -0.2) is 4.79 Å². The second kappa shape index (κ2) is 7.71. The van der Waals surface area contributed by atoms with E-state index in [9.17, 15) is 4.79 Å². The molecule has 0 unspecified atom stereocenters. The Bertz CT molecular complexity index is 937. The Labute approximate surface area is 176 Å². The molecule has 2 amide bonds. The number of carbonyl (C=O) groups is 1. The summed E-state index contributed by atoms with van der Waals surface area (Å²) in [4.78, 5) is 18.8. The minimum absolute atomic E-state index is 0.0346. The van der Waals surface area contributed by atoms with E-state index in [1.54, 1.807) is 0 Å². The Kier molecular flexibility index (Phi) is 4.90. The van der Waals surface area contributed by atoms with Crippen LogP contribution in [-0.4, -0.2) is 79.2 Å². The van der Waals surface area contributed by atoms with Crippen LogP contribution in [-0.2, 0) is 7.05 Å². The van der Waals surface area contributed by atoms with Crippen molar-refractivity contribution in [2.75, 3.05) is 62.2 Å². The number of para-hydroxylation sites is 2. The van der Waals surface area contributed by atoms with E-state index >= 15 is 0 Å². The predicted molar refractivity (Wildman–Crippen MR) is 114 cm³/mol. The molecular formula is C21H28N6O3. The van der Waals surface area contributed by atoms with Gasteiger partial charge in [0.25, 0.3) is 0 Å². The van der Waals surface area contributed by atoms with Gasteiger partial charge in [-0.05, 0) is 19.1 Å². The number of anilines is 2. The number of aromatic nitrogens is 2. The number of ether oxygens (including phenoxy) is 2. The minimum Gasteiger partial charge on any atom is -0.486 e. The van der Waals surface area contributed by atoms with Gasteiger partial charge >= 0.3 is 6.03 Å². The maximum Gasteiger partial charge on any atom is 0.322 e. The molecule has 0 bridgehead atoms. The molecule has 1 N–H and O–H groups in total. The number of aryl methyl sites for hydroxylation is 1. The van der Waals surface area contributed by atoms with Crippen molar-refractivity contribution in [3.63, 3.8) is 0 Å². The number of hydrogen-bond acceptors (Lipinski definition) is 6. The summed E-state index contributed by atoms with van der Waals surface area (Å²) < 4.78 is 13.8. The van der Waals surface area contributed by atoms with Crippen LogP contribution < -0.4 is 24.6 Å². The lowest BCUT2D eigenvalue weighted by molar-refractivity contribution is 0.0571. The van der Waals surface area contributed by atoms with Gasteiger partial charge < -0.3 is 19.7 Å². The van der Waals surface area contributed by atoms with Gasteiger partial charge in [-0.15, -0.1) is 0 Å².